The van der Waals surface area contributed by atoms with Crippen molar-refractivity contribution in [1.82, 2.24) is 14.9 Å². The molecule has 0 aliphatic carbocycles. The molecule has 0 spiro atoms. The fraction of sp³-hybridized carbons (Fsp3) is 0.562. The normalized spacial score (nSPS) is 18.7. The molecule has 0 bridgehead atoms. The molecule has 0 aromatic heterocycles. The molecule has 1 fully saturated rings. The molecular formula is C16H25N3O3S. The summed E-state index contributed by atoms with van der Waals surface area (Å²) in [6.45, 7) is 3.27. The minimum absolute atomic E-state index is 0.0505. The molecule has 1 aliphatic rings. The third kappa shape index (κ3) is 5.21. The van der Waals surface area contributed by atoms with Gasteiger partial charge in [0.1, 0.15) is 0 Å². The average molecular weight is 339 g/mol. The summed E-state index contributed by atoms with van der Waals surface area (Å²) in [7, 11) is -1.89. The highest BCUT2D eigenvalue weighted by atomic mass is 32.2. The van der Waals surface area contributed by atoms with E-state index in [0.29, 0.717) is 12.1 Å². The molecule has 0 saturated carbocycles. The highest BCUT2D eigenvalue weighted by Gasteiger charge is 2.22. The van der Waals surface area contributed by atoms with E-state index in [4.69, 9.17) is 0 Å². The standard InChI is InChI=1S/C16H25N3O3S/c1-13-6-3-4-9-19(13)16(20)18-11-14-7-5-8-15(10-14)12-23(21,22)17-2/h5,7-8,10,13,17H,3-4,6,9,11-12H2,1-2H3,(H,18,20). The van der Waals surface area contributed by atoms with E-state index in [0.717, 1.165) is 24.9 Å². The molecule has 1 aromatic carbocycles. The van der Waals surface area contributed by atoms with Gasteiger partial charge in [-0.2, -0.15) is 0 Å². The van der Waals surface area contributed by atoms with Crippen LogP contribution in [-0.4, -0.2) is 39.0 Å². The number of urea groups is 1. The molecule has 23 heavy (non-hydrogen) atoms. The van der Waals surface area contributed by atoms with Crippen LogP contribution in [0.3, 0.4) is 0 Å². The van der Waals surface area contributed by atoms with Gasteiger partial charge in [0.05, 0.1) is 5.75 Å². The lowest BCUT2D eigenvalue weighted by Crippen LogP contribution is -2.47. The fourth-order valence-electron chi connectivity index (χ4n) is 2.80. The van der Waals surface area contributed by atoms with Crippen LogP contribution in [0.4, 0.5) is 4.79 Å². The van der Waals surface area contributed by atoms with Crippen LogP contribution < -0.4 is 10.0 Å². The molecule has 1 aromatic rings. The summed E-state index contributed by atoms with van der Waals surface area (Å²) in [4.78, 5) is 14.1. The zero-order valence-electron chi connectivity index (χ0n) is 13.7. The van der Waals surface area contributed by atoms with E-state index < -0.39 is 10.0 Å². The SMILES string of the molecule is CNS(=O)(=O)Cc1cccc(CNC(=O)N2CCCCC2C)c1. The first-order chi connectivity index (χ1) is 10.9. The van der Waals surface area contributed by atoms with Crippen molar-refractivity contribution in [2.45, 2.75) is 44.5 Å². The van der Waals surface area contributed by atoms with Crippen LogP contribution in [0.2, 0.25) is 0 Å². The Bertz CT molecular complexity index is 646. The summed E-state index contributed by atoms with van der Waals surface area (Å²) in [5.41, 5.74) is 1.60. The Kier molecular flexibility index (Phi) is 6.01. The highest BCUT2D eigenvalue weighted by molar-refractivity contribution is 7.88. The maximum Gasteiger partial charge on any atom is 0.317 e. The van der Waals surface area contributed by atoms with Gasteiger partial charge in [0.15, 0.2) is 0 Å². The van der Waals surface area contributed by atoms with Gasteiger partial charge in [0, 0.05) is 19.1 Å². The number of sulfonamides is 1. The molecule has 2 rings (SSSR count). The Balaban J connectivity index is 1.94. The summed E-state index contributed by atoms with van der Waals surface area (Å²) >= 11 is 0. The van der Waals surface area contributed by atoms with Crippen LogP contribution in [-0.2, 0) is 22.3 Å². The van der Waals surface area contributed by atoms with Gasteiger partial charge in [-0.1, -0.05) is 24.3 Å². The number of rotatable bonds is 5. The Morgan fingerprint density at radius 1 is 1.30 bits per heavy atom. The molecule has 128 valence electrons. The van der Waals surface area contributed by atoms with Gasteiger partial charge < -0.3 is 10.2 Å². The molecule has 1 atom stereocenters. The number of nitrogens with zero attached hydrogens (tertiary/aromatic N) is 1. The lowest BCUT2D eigenvalue weighted by Gasteiger charge is -2.33. The Labute approximate surface area is 138 Å². The smallest absolute Gasteiger partial charge is 0.317 e. The van der Waals surface area contributed by atoms with Crippen molar-refractivity contribution in [3.8, 4) is 0 Å². The predicted octanol–water partition coefficient (Wildman–Crippen LogP) is 1.82. The second-order valence-electron chi connectivity index (χ2n) is 5.98. The molecule has 2 amide bonds. The monoisotopic (exact) mass is 339 g/mol. The summed E-state index contributed by atoms with van der Waals surface area (Å²) in [6, 6.07) is 7.50. The molecule has 1 aliphatic heterocycles. The zero-order valence-corrected chi connectivity index (χ0v) is 14.5. The van der Waals surface area contributed by atoms with Crippen molar-refractivity contribution in [3.63, 3.8) is 0 Å². The fourth-order valence-corrected chi connectivity index (χ4v) is 3.56. The number of benzene rings is 1. The van der Waals surface area contributed by atoms with Crippen molar-refractivity contribution in [3.05, 3.63) is 35.4 Å². The zero-order chi connectivity index (χ0) is 16.9. The molecule has 1 saturated heterocycles. The van der Waals surface area contributed by atoms with Crippen LogP contribution in [0.15, 0.2) is 24.3 Å². The molecule has 0 radical (unpaired) electrons. The van der Waals surface area contributed by atoms with E-state index in [-0.39, 0.29) is 17.8 Å². The minimum Gasteiger partial charge on any atom is -0.334 e. The van der Waals surface area contributed by atoms with Gasteiger partial charge in [-0.3, -0.25) is 0 Å². The van der Waals surface area contributed by atoms with Crippen molar-refractivity contribution in [1.29, 1.82) is 0 Å². The van der Waals surface area contributed by atoms with E-state index in [1.54, 1.807) is 6.07 Å². The maximum atomic E-state index is 12.3. The Morgan fingerprint density at radius 3 is 2.74 bits per heavy atom. The molecule has 7 heteroatoms. The highest BCUT2D eigenvalue weighted by Crippen LogP contribution is 2.16. The van der Waals surface area contributed by atoms with Gasteiger partial charge in [-0.15, -0.1) is 0 Å². The number of piperidine rings is 1. The number of nitrogens with one attached hydrogen (secondary N) is 2. The summed E-state index contributed by atoms with van der Waals surface area (Å²) in [6.07, 6.45) is 3.27. The molecule has 1 heterocycles. The summed E-state index contributed by atoms with van der Waals surface area (Å²) in [5, 5.41) is 2.93. The van der Waals surface area contributed by atoms with Crippen LogP contribution in [0.25, 0.3) is 0 Å². The topological polar surface area (TPSA) is 78.5 Å². The number of amides is 2. The van der Waals surface area contributed by atoms with E-state index in [1.165, 1.54) is 13.5 Å². The second kappa shape index (κ2) is 7.79. The Morgan fingerprint density at radius 2 is 2.04 bits per heavy atom. The molecule has 2 N–H and O–H groups in total. The van der Waals surface area contributed by atoms with E-state index in [1.807, 2.05) is 23.1 Å². The number of likely N-dealkylation sites (tertiary alicyclic amines) is 1. The number of hydrogen-bond acceptors (Lipinski definition) is 3. The van der Waals surface area contributed by atoms with Crippen molar-refractivity contribution in [2.24, 2.45) is 0 Å². The van der Waals surface area contributed by atoms with Gasteiger partial charge in [0.25, 0.3) is 0 Å². The summed E-state index contributed by atoms with van der Waals surface area (Å²) < 4.78 is 25.5. The average Bonchev–Trinajstić information content (AvgIpc) is 2.53. The first-order valence-corrected chi connectivity index (χ1v) is 9.60. The van der Waals surface area contributed by atoms with Gasteiger partial charge in [0.2, 0.25) is 10.0 Å². The first-order valence-electron chi connectivity index (χ1n) is 7.95. The summed E-state index contributed by atoms with van der Waals surface area (Å²) in [5.74, 6) is -0.0611. The van der Waals surface area contributed by atoms with Crippen LogP contribution in [0.5, 0.6) is 0 Å². The molecular weight excluding hydrogens is 314 g/mol. The largest absolute Gasteiger partial charge is 0.334 e. The van der Waals surface area contributed by atoms with Gasteiger partial charge >= 0.3 is 6.03 Å². The molecule has 1 unspecified atom stereocenters. The van der Waals surface area contributed by atoms with E-state index >= 15 is 0 Å². The number of carbonyl (C=O) groups excluding carboxylic acids is 1. The maximum absolute atomic E-state index is 12.3. The number of carbonyl (C=O) groups is 1. The number of hydrogen-bond donors (Lipinski definition) is 2. The van der Waals surface area contributed by atoms with E-state index in [2.05, 4.69) is 17.0 Å². The van der Waals surface area contributed by atoms with Crippen LogP contribution >= 0.6 is 0 Å². The third-order valence-electron chi connectivity index (χ3n) is 4.17. The van der Waals surface area contributed by atoms with Crippen LogP contribution in [0.1, 0.15) is 37.3 Å². The first kappa shape index (κ1) is 17.7. The van der Waals surface area contributed by atoms with Crippen molar-refractivity contribution < 1.29 is 13.2 Å². The lowest BCUT2D eigenvalue weighted by atomic mass is 10.0. The van der Waals surface area contributed by atoms with E-state index in [9.17, 15) is 13.2 Å². The quantitative estimate of drug-likeness (QED) is 0.859. The lowest BCUT2D eigenvalue weighted by molar-refractivity contribution is 0.158. The Hall–Kier alpha value is -1.60. The van der Waals surface area contributed by atoms with Gasteiger partial charge in [-0.25, -0.2) is 17.9 Å². The van der Waals surface area contributed by atoms with Gasteiger partial charge in [-0.05, 0) is 44.4 Å². The van der Waals surface area contributed by atoms with Crippen LogP contribution in [0, 0.1) is 0 Å². The van der Waals surface area contributed by atoms with Crippen molar-refractivity contribution >= 4 is 16.1 Å². The second-order valence-corrected chi connectivity index (χ2v) is 7.91. The third-order valence-corrected chi connectivity index (χ3v) is 5.50. The predicted molar refractivity (Wildman–Crippen MR) is 90.4 cm³/mol. The minimum atomic E-state index is -3.29. The van der Waals surface area contributed by atoms with Crippen molar-refractivity contribution in [2.75, 3.05) is 13.6 Å². The molecule has 6 nitrogen and oxygen atoms in total.